The number of nitrogens with zero attached hydrogens (tertiary/aromatic N) is 3. The summed E-state index contributed by atoms with van der Waals surface area (Å²) in [5, 5.41) is 13.8. The Morgan fingerprint density at radius 1 is 1.00 bits per heavy atom. The Kier molecular flexibility index (Phi) is 5.12. The summed E-state index contributed by atoms with van der Waals surface area (Å²) < 4.78 is 2.12. The second-order valence-corrected chi connectivity index (χ2v) is 8.21. The third-order valence-electron chi connectivity index (χ3n) is 6.07. The molecule has 1 aliphatic heterocycles. The van der Waals surface area contributed by atoms with E-state index in [-0.39, 0.29) is 12.1 Å². The summed E-state index contributed by atoms with van der Waals surface area (Å²) in [6, 6.07) is 26.4. The first kappa shape index (κ1) is 19.9. The second-order valence-electron chi connectivity index (χ2n) is 8.21. The molecule has 32 heavy (non-hydrogen) atoms. The van der Waals surface area contributed by atoms with Gasteiger partial charge in [0.2, 0.25) is 0 Å². The molecule has 1 amide bonds. The molecule has 158 valence electrons. The van der Waals surface area contributed by atoms with E-state index >= 15 is 0 Å². The zero-order valence-electron chi connectivity index (χ0n) is 18.0. The summed E-state index contributed by atoms with van der Waals surface area (Å²) >= 11 is 0. The average molecular weight is 421 g/mol. The van der Waals surface area contributed by atoms with Crippen LogP contribution in [0.15, 0.2) is 79.0 Å². The highest BCUT2D eigenvalue weighted by Crippen LogP contribution is 2.37. The lowest BCUT2D eigenvalue weighted by molar-refractivity contribution is 0.0667. The van der Waals surface area contributed by atoms with E-state index in [1.807, 2.05) is 41.3 Å². The molecule has 1 atom stereocenters. The maximum atomic E-state index is 13.6. The molecule has 0 spiro atoms. The van der Waals surface area contributed by atoms with Crippen LogP contribution in [0.3, 0.4) is 0 Å². The highest BCUT2D eigenvalue weighted by Gasteiger charge is 2.34. The van der Waals surface area contributed by atoms with E-state index in [1.165, 1.54) is 5.56 Å². The fourth-order valence-electron chi connectivity index (χ4n) is 4.44. The van der Waals surface area contributed by atoms with E-state index in [1.54, 1.807) is 0 Å². The summed E-state index contributed by atoms with van der Waals surface area (Å²) in [6.45, 7) is 3.18. The number of nitriles is 1. The fraction of sp³-hybridized carbons (Fsp3) is 0.185. The second kappa shape index (κ2) is 8.24. The van der Waals surface area contributed by atoms with Crippen molar-refractivity contribution < 1.29 is 4.79 Å². The van der Waals surface area contributed by atoms with E-state index in [2.05, 4.69) is 65.5 Å². The topological polar surface area (TPSA) is 61.1 Å². The lowest BCUT2D eigenvalue weighted by Gasteiger charge is -2.38. The number of carbonyl (C=O) groups excluding carboxylic acids is 1. The molecule has 5 rings (SSSR count). The maximum absolute atomic E-state index is 13.6. The Morgan fingerprint density at radius 2 is 1.75 bits per heavy atom. The van der Waals surface area contributed by atoms with Crippen LogP contribution in [0.1, 0.15) is 39.6 Å². The lowest BCUT2D eigenvalue weighted by Crippen LogP contribution is -2.42. The summed E-state index contributed by atoms with van der Waals surface area (Å²) in [5.74, 6) is 0.0128. The third-order valence-corrected chi connectivity index (χ3v) is 6.07. The number of anilines is 1. The van der Waals surface area contributed by atoms with E-state index in [0.717, 1.165) is 27.7 Å². The molecular weight excluding hydrogens is 396 g/mol. The standard InChI is InChI=1S/C27H24N4O/c1-19-11-13-20(14-12-19)17-31-26(29-24-9-4-2-8-22(24)27(31)32)23-18-30(16-6-15-28)25-10-5-3-7-21(23)25/h2-5,7-14,18,26,29H,6,16-17H2,1H3/t26-/m0/s1. The molecule has 3 aromatic carbocycles. The van der Waals surface area contributed by atoms with Crippen molar-refractivity contribution in [2.75, 3.05) is 5.32 Å². The average Bonchev–Trinajstić information content (AvgIpc) is 3.19. The Labute approximate surface area is 187 Å². The summed E-state index contributed by atoms with van der Waals surface area (Å²) in [6.07, 6.45) is 2.21. The van der Waals surface area contributed by atoms with E-state index < -0.39 is 0 Å². The first-order valence-corrected chi connectivity index (χ1v) is 10.8. The van der Waals surface area contributed by atoms with Crippen molar-refractivity contribution in [2.24, 2.45) is 0 Å². The Balaban J connectivity index is 1.62. The molecule has 0 aliphatic carbocycles. The largest absolute Gasteiger partial charge is 0.361 e. The zero-order valence-corrected chi connectivity index (χ0v) is 18.0. The number of carbonyl (C=O) groups is 1. The number of para-hydroxylation sites is 2. The summed E-state index contributed by atoms with van der Waals surface area (Å²) in [4.78, 5) is 15.5. The number of nitrogens with one attached hydrogen (secondary N) is 1. The van der Waals surface area contributed by atoms with Crippen molar-refractivity contribution in [1.82, 2.24) is 9.47 Å². The lowest BCUT2D eigenvalue weighted by atomic mass is 10.0. The van der Waals surface area contributed by atoms with Crippen LogP contribution in [0.25, 0.3) is 10.9 Å². The monoisotopic (exact) mass is 420 g/mol. The van der Waals surface area contributed by atoms with E-state index in [0.29, 0.717) is 25.1 Å². The van der Waals surface area contributed by atoms with E-state index in [4.69, 9.17) is 5.26 Å². The minimum absolute atomic E-state index is 0.0128. The van der Waals surface area contributed by atoms with Crippen molar-refractivity contribution in [3.05, 3.63) is 101 Å². The zero-order chi connectivity index (χ0) is 22.1. The van der Waals surface area contributed by atoms with Gasteiger partial charge in [-0.05, 0) is 30.7 Å². The molecule has 1 aliphatic rings. The molecule has 0 saturated heterocycles. The van der Waals surface area contributed by atoms with Crippen LogP contribution >= 0.6 is 0 Å². The highest BCUT2D eigenvalue weighted by atomic mass is 16.2. The van der Waals surface area contributed by atoms with Crippen molar-refractivity contribution in [3.8, 4) is 6.07 Å². The number of benzene rings is 3. The van der Waals surface area contributed by atoms with Gasteiger partial charge in [0.05, 0.1) is 18.1 Å². The van der Waals surface area contributed by atoms with Crippen LogP contribution in [0.5, 0.6) is 0 Å². The number of rotatable bonds is 5. The van der Waals surface area contributed by atoms with Gasteiger partial charge in [0, 0.05) is 41.4 Å². The quantitative estimate of drug-likeness (QED) is 0.455. The number of fused-ring (bicyclic) bond motifs is 2. The molecule has 0 bridgehead atoms. The Hall–Kier alpha value is -4.04. The van der Waals surface area contributed by atoms with Gasteiger partial charge in [-0.2, -0.15) is 5.26 Å². The minimum Gasteiger partial charge on any atom is -0.361 e. The normalized spacial score (nSPS) is 15.3. The fourth-order valence-corrected chi connectivity index (χ4v) is 4.44. The van der Waals surface area contributed by atoms with Gasteiger partial charge in [-0.25, -0.2) is 0 Å². The van der Waals surface area contributed by atoms with Crippen molar-refractivity contribution >= 4 is 22.5 Å². The van der Waals surface area contributed by atoms with Crippen molar-refractivity contribution in [1.29, 1.82) is 5.26 Å². The number of hydrogen-bond acceptors (Lipinski definition) is 3. The maximum Gasteiger partial charge on any atom is 0.258 e. The molecule has 0 fully saturated rings. The van der Waals surface area contributed by atoms with Gasteiger partial charge < -0.3 is 14.8 Å². The molecule has 1 aromatic heterocycles. The van der Waals surface area contributed by atoms with Crippen LogP contribution in [0.2, 0.25) is 0 Å². The van der Waals surface area contributed by atoms with Gasteiger partial charge in [-0.15, -0.1) is 0 Å². The first-order chi connectivity index (χ1) is 15.7. The summed E-state index contributed by atoms with van der Waals surface area (Å²) in [7, 11) is 0. The molecule has 4 aromatic rings. The van der Waals surface area contributed by atoms with Gasteiger partial charge in [-0.3, -0.25) is 4.79 Å². The Bertz CT molecular complexity index is 1330. The molecule has 2 heterocycles. The SMILES string of the molecule is Cc1ccc(CN2C(=O)c3ccccc3N[C@@H]2c2cn(CCC#N)c3ccccc23)cc1. The Morgan fingerprint density at radius 3 is 2.56 bits per heavy atom. The molecule has 0 unspecified atom stereocenters. The van der Waals surface area contributed by atoms with Gasteiger partial charge in [0.15, 0.2) is 0 Å². The summed E-state index contributed by atoms with van der Waals surface area (Å²) in [5.41, 5.74) is 5.91. The van der Waals surface area contributed by atoms with Gasteiger partial charge >= 0.3 is 0 Å². The third kappa shape index (κ3) is 3.50. The molecule has 0 radical (unpaired) electrons. The molecule has 0 saturated carbocycles. The number of hydrogen-bond donors (Lipinski definition) is 1. The molecule has 5 heteroatoms. The first-order valence-electron chi connectivity index (χ1n) is 10.8. The van der Waals surface area contributed by atoms with Crippen molar-refractivity contribution in [3.63, 3.8) is 0 Å². The van der Waals surface area contributed by atoms with Crippen LogP contribution in [0.4, 0.5) is 5.69 Å². The van der Waals surface area contributed by atoms with E-state index in [9.17, 15) is 4.79 Å². The smallest absolute Gasteiger partial charge is 0.258 e. The van der Waals surface area contributed by atoms with Crippen LogP contribution in [-0.2, 0) is 13.1 Å². The van der Waals surface area contributed by atoms with Crippen LogP contribution in [0, 0.1) is 18.3 Å². The number of aromatic nitrogens is 1. The predicted octanol–water partition coefficient (Wildman–Crippen LogP) is 5.63. The highest BCUT2D eigenvalue weighted by molar-refractivity contribution is 6.02. The minimum atomic E-state index is -0.313. The number of aryl methyl sites for hydroxylation is 2. The predicted molar refractivity (Wildman–Crippen MR) is 126 cm³/mol. The van der Waals surface area contributed by atoms with Crippen molar-refractivity contribution in [2.45, 2.75) is 32.6 Å². The van der Waals surface area contributed by atoms with Gasteiger partial charge in [0.25, 0.3) is 5.91 Å². The van der Waals surface area contributed by atoms with Gasteiger partial charge in [-0.1, -0.05) is 60.2 Å². The molecule has 5 nitrogen and oxygen atoms in total. The molecular formula is C27H24N4O. The van der Waals surface area contributed by atoms with Crippen LogP contribution < -0.4 is 5.32 Å². The van der Waals surface area contributed by atoms with Gasteiger partial charge in [0.1, 0.15) is 6.17 Å². The van der Waals surface area contributed by atoms with Crippen LogP contribution in [-0.4, -0.2) is 15.4 Å². The number of amides is 1. The molecule has 1 N–H and O–H groups in total.